The van der Waals surface area contributed by atoms with Gasteiger partial charge in [0.2, 0.25) is 5.88 Å². The average molecular weight is 456 g/mol. The zero-order valence-electron chi connectivity index (χ0n) is 17.8. The van der Waals surface area contributed by atoms with E-state index in [0.717, 1.165) is 27.8 Å². The number of aryl methyl sites for hydroxylation is 2. The molecular weight excluding hydrogens is 438 g/mol. The number of allylic oxidation sites excluding steroid dienone is 1. The second kappa shape index (κ2) is 7.80. The molecule has 2 aromatic heterocycles. The Hall–Kier alpha value is -4.08. The molecule has 33 heavy (non-hydrogen) atoms. The first-order valence-electron chi connectivity index (χ1n) is 10.2. The Kier molecular flexibility index (Phi) is 4.92. The van der Waals surface area contributed by atoms with E-state index in [2.05, 4.69) is 11.1 Å². The lowest BCUT2D eigenvalue weighted by Gasteiger charge is -2.26. The van der Waals surface area contributed by atoms with Gasteiger partial charge in [0.05, 0.1) is 16.9 Å². The lowest BCUT2D eigenvalue weighted by molar-refractivity contribution is 0.388. The summed E-state index contributed by atoms with van der Waals surface area (Å²) in [7, 11) is 0. The van der Waals surface area contributed by atoms with Crippen LogP contribution in [0.2, 0.25) is 5.15 Å². The summed E-state index contributed by atoms with van der Waals surface area (Å²) >= 11 is 5.98. The molecule has 1 atom stereocenters. The molecule has 3 heterocycles. The molecule has 2 N–H and O–H groups in total. The highest BCUT2D eigenvalue weighted by Crippen LogP contribution is 2.44. The largest absolute Gasteiger partial charge is 0.439 e. The van der Waals surface area contributed by atoms with Crippen LogP contribution >= 0.6 is 11.6 Å². The average Bonchev–Trinajstić information content (AvgIpc) is 2.79. The molecule has 1 aliphatic rings. The van der Waals surface area contributed by atoms with Gasteiger partial charge in [-0.2, -0.15) is 5.26 Å². The van der Waals surface area contributed by atoms with Crippen LogP contribution in [0.3, 0.4) is 0 Å². The highest BCUT2D eigenvalue weighted by molar-refractivity contribution is 6.29. The van der Waals surface area contributed by atoms with E-state index in [1.807, 2.05) is 50.2 Å². The second-order valence-electron chi connectivity index (χ2n) is 8.00. The van der Waals surface area contributed by atoms with E-state index in [0.29, 0.717) is 21.9 Å². The van der Waals surface area contributed by atoms with Gasteiger partial charge in [0.25, 0.3) is 0 Å². The maximum Gasteiger partial charge on any atom is 0.344 e. The second-order valence-corrected chi connectivity index (χ2v) is 8.39. The number of pyridine rings is 1. The minimum atomic E-state index is -0.710. The summed E-state index contributed by atoms with van der Waals surface area (Å²) in [4.78, 5) is 17.2. The number of halogens is 1. The highest BCUT2D eigenvalue weighted by Gasteiger charge is 2.35. The van der Waals surface area contributed by atoms with Crippen molar-refractivity contribution in [3.05, 3.63) is 104 Å². The van der Waals surface area contributed by atoms with Gasteiger partial charge in [-0.15, -0.1) is 0 Å². The standard InChI is InChI=1S/C26H18ClN3O3/c1-13-3-8-20-17(9-13)24-23(26(31)32-20)22(18(11-28)25(29)33-24)16-6-4-15(5-7-16)19-12-30-21(27)10-14(19)2/h3-10,12,22H,29H2,1-2H3. The van der Waals surface area contributed by atoms with Crippen molar-refractivity contribution in [2.45, 2.75) is 19.8 Å². The van der Waals surface area contributed by atoms with Gasteiger partial charge in [-0.1, -0.05) is 47.5 Å². The van der Waals surface area contributed by atoms with Crippen LogP contribution in [0.5, 0.6) is 5.75 Å². The lowest BCUT2D eigenvalue weighted by atomic mass is 9.83. The fourth-order valence-corrected chi connectivity index (χ4v) is 4.46. The topological polar surface area (TPSA) is 102 Å². The molecule has 6 nitrogen and oxygen atoms in total. The molecular formula is C26H18ClN3O3. The molecule has 0 fully saturated rings. The molecule has 0 spiro atoms. The van der Waals surface area contributed by atoms with Crippen LogP contribution in [0, 0.1) is 25.2 Å². The minimum Gasteiger partial charge on any atom is -0.439 e. The summed E-state index contributed by atoms with van der Waals surface area (Å²) in [5.41, 5.74) is 11.0. The molecule has 0 bridgehead atoms. The number of fused-ring (bicyclic) bond motifs is 3. The zero-order valence-corrected chi connectivity index (χ0v) is 18.6. The molecule has 4 aromatic rings. The van der Waals surface area contributed by atoms with Crippen LogP contribution in [0.15, 0.2) is 75.4 Å². The summed E-state index contributed by atoms with van der Waals surface area (Å²) < 4.78 is 11.4. The van der Waals surface area contributed by atoms with Crippen LogP contribution < -0.4 is 16.1 Å². The van der Waals surface area contributed by atoms with Crippen LogP contribution in [-0.4, -0.2) is 4.98 Å². The van der Waals surface area contributed by atoms with Gasteiger partial charge in [0, 0.05) is 11.8 Å². The van der Waals surface area contributed by atoms with E-state index < -0.39 is 11.5 Å². The monoisotopic (exact) mass is 455 g/mol. The number of hydrogen-bond acceptors (Lipinski definition) is 6. The third-order valence-corrected chi connectivity index (χ3v) is 6.06. The number of ether oxygens (including phenoxy) is 1. The normalized spacial score (nSPS) is 15.2. The van der Waals surface area contributed by atoms with E-state index >= 15 is 0 Å². The molecule has 0 saturated heterocycles. The van der Waals surface area contributed by atoms with Crippen LogP contribution in [0.4, 0.5) is 0 Å². The van der Waals surface area contributed by atoms with Crippen molar-refractivity contribution >= 4 is 22.6 Å². The Morgan fingerprint density at radius 2 is 1.88 bits per heavy atom. The number of rotatable bonds is 2. The van der Waals surface area contributed by atoms with E-state index in [-0.39, 0.29) is 17.0 Å². The number of nitriles is 1. The van der Waals surface area contributed by atoms with Crippen LogP contribution in [0.25, 0.3) is 22.1 Å². The molecule has 162 valence electrons. The first-order valence-corrected chi connectivity index (χ1v) is 10.6. The third-order valence-electron chi connectivity index (χ3n) is 5.85. The Balaban J connectivity index is 1.70. The summed E-state index contributed by atoms with van der Waals surface area (Å²) in [6, 6.07) is 16.9. The van der Waals surface area contributed by atoms with Gasteiger partial charge in [-0.25, -0.2) is 9.78 Å². The number of benzene rings is 2. The minimum absolute atomic E-state index is 0.0229. The number of aromatic nitrogens is 1. The van der Waals surface area contributed by atoms with Crippen molar-refractivity contribution < 1.29 is 9.15 Å². The fraction of sp³-hybridized carbons (Fsp3) is 0.115. The molecule has 0 amide bonds. The Labute approximate surface area is 194 Å². The van der Waals surface area contributed by atoms with E-state index in [1.54, 1.807) is 18.3 Å². The predicted octanol–water partition coefficient (Wildman–Crippen LogP) is 5.34. The molecule has 0 radical (unpaired) electrons. The van der Waals surface area contributed by atoms with Crippen molar-refractivity contribution in [1.29, 1.82) is 5.26 Å². The molecule has 1 aliphatic heterocycles. The SMILES string of the molecule is Cc1ccc2oc(=O)c3c(c2c1)OC(N)=C(C#N)C3c1ccc(-c2cnc(Cl)cc2C)cc1. The summed E-state index contributed by atoms with van der Waals surface area (Å²) in [5.74, 6) is -0.406. The first kappa shape index (κ1) is 20.8. The van der Waals surface area contributed by atoms with Gasteiger partial charge in [0.1, 0.15) is 22.4 Å². The predicted molar refractivity (Wildman–Crippen MR) is 126 cm³/mol. The molecule has 2 aromatic carbocycles. The number of nitrogens with two attached hydrogens (primary N) is 1. The quantitative estimate of drug-likeness (QED) is 0.323. The molecule has 0 aliphatic carbocycles. The first-order chi connectivity index (χ1) is 15.9. The molecule has 0 saturated carbocycles. The van der Waals surface area contributed by atoms with Gasteiger partial charge < -0.3 is 14.9 Å². The van der Waals surface area contributed by atoms with Gasteiger partial charge in [0.15, 0.2) is 5.75 Å². The highest BCUT2D eigenvalue weighted by atomic mass is 35.5. The van der Waals surface area contributed by atoms with Gasteiger partial charge in [-0.05, 0) is 48.7 Å². The Morgan fingerprint density at radius 3 is 2.58 bits per heavy atom. The number of hydrogen-bond donors (Lipinski definition) is 1. The van der Waals surface area contributed by atoms with Crippen molar-refractivity contribution in [2.24, 2.45) is 5.73 Å². The van der Waals surface area contributed by atoms with Gasteiger partial charge in [-0.3, -0.25) is 0 Å². The molecule has 1 unspecified atom stereocenters. The third kappa shape index (κ3) is 3.43. The van der Waals surface area contributed by atoms with E-state index in [4.69, 9.17) is 26.5 Å². The Morgan fingerprint density at radius 1 is 1.12 bits per heavy atom. The summed E-state index contributed by atoms with van der Waals surface area (Å²) in [6.45, 7) is 3.89. The van der Waals surface area contributed by atoms with Crippen LogP contribution in [-0.2, 0) is 0 Å². The zero-order chi connectivity index (χ0) is 23.3. The Bertz CT molecular complexity index is 1560. The maximum absolute atomic E-state index is 13.0. The van der Waals surface area contributed by atoms with Crippen molar-refractivity contribution in [1.82, 2.24) is 4.98 Å². The summed E-state index contributed by atoms with van der Waals surface area (Å²) in [5, 5.41) is 10.9. The smallest absolute Gasteiger partial charge is 0.344 e. The maximum atomic E-state index is 13.0. The van der Waals surface area contributed by atoms with E-state index in [9.17, 15) is 10.1 Å². The lowest BCUT2D eigenvalue weighted by Crippen LogP contribution is -2.26. The fourth-order valence-electron chi connectivity index (χ4n) is 4.25. The summed E-state index contributed by atoms with van der Waals surface area (Å²) in [6.07, 6.45) is 1.72. The van der Waals surface area contributed by atoms with Crippen LogP contribution in [0.1, 0.15) is 28.2 Å². The molecule has 7 heteroatoms. The van der Waals surface area contributed by atoms with E-state index in [1.165, 1.54) is 0 Å². The molecule has 5 rings (SSSR count). The number of nitrogens with zero attached hydrogens (tertiary/aromatic N) is 2. The van der Waals surface area contributed by atoms with Crippen molar-refractivity contribution in [3.8, 4) is 22.9 Å². The van der Waals surface area contributed by atoms with Crippen molar-refractivity contribution in [3.63, 3.8) is 0 Å². The van der Waals surface area contributed by atoms with Gasteiger partial charge >= 0.3 is 5.63 Å². The van der Waals surface area contributed by atoms with Crippen molar-refractivity contribution in [2.75, 3.05) is 0 Å².